The van der Waals surface area contributed by atoms with Crippen LogP contribution in [0.25, 0.3) is 0 Å². The van der Waals surface area contributed by atoms with Crippen molar-refractivity contribution in [1.29, 1.82) is 0 Å². The van der Waals surface area contributed by atoms with E-state index in [2.05, 4.69) is 20.6 Å². The van der Waals surface area contributed by atoms with E-state index < -0.39 is 66.7 Å². The Morgan fingerprint density at radius 1 is 1.00 bits per heavy atom. The molecule has 0 aliphatic carbocycles. The Morgan fingerprint density at radius 2 is 1.62 bits per heavy atom. The van der Waals surface area contributed by atoms with Gasteiger partial charge in [-0.15, -0.1) is 0 Å². The summed E-state index contributed by atoms with van der Waals surface area (Å²) < 4.78 is 0. The van der Waals surface area contributed by atoms with Gasteiger partial charge < -0.3 is 42.6 Å². The number of nitrogens with one attached hydrogen (secondary N) is 4. The molecule has 0 aromatic carbocycles. The van der Waals surface area contributed by atoms with Crippen LogP contribution in [0.1, 0.15) is 25.0 Å². The van der Waals surface area contributed by atoms with E-state index in [1.807, 2.05) is 5.32 Å². The Hall–Kier alpha value is -4.01. The quantitative estimate of drug-likeness (QED) is 0.135. The number of hydrogen-bond acceptors (Lipinski definition) is 8. The molecule has 3 unspecified atom stereocenters. The summed E-state index contributed by atoms with van der Waals surface area (Å²) >= 11 is 0. The summed E-state index contributed by atoms with van der Waals surface area (Å²) in [6.07, 6.45) is 1.18. The van der Waals surface area contributed by atoms with E-state index in [1.54, 1.807) is 0 Å². The third kappa shape index (κ3) is 9.21. The Bertz CT molecular complexity index is 842. The third-order valence-electron chi connectivity index (χ3n) is 4.12. The number of aliphatic carboxylic acids is 2. The number of hydrogen-bond donors (Lipinski definition) is 8. The number of primary amides is 1. The van der Waals surface area contributed by atoms with E-state index in [9.17, 15) is 28.8 Å². The number of carbonyl (C=O) groups is 6. The second-order valence-corrected chi connectivity index (χ2v) is 6.67. The maximum absolute atomic E-state index is 12.8. The van der Waals surface area contributed by atoms with Crippen LogP contribution in [-0.2, 0) is 35.2 Å². The summed E-state index contributed by atoms with van der Waals surface area (Å²) in [6, 6.07) is -4.40. The van der Waals surface area contributed by atoms with Crippen LogP contribution in [-0.4, -0.2) is 80.4 Å². The number of aromatic amines is 1. The van der Waals surface area contributed by atoms with Crippen molar-refractivity contribution in [2.24, 2.45) is 11.5 Å². The minimum absolute atomic E-state index is 0.0432. The summed E-state index contributed by atoms with van der Waals surface area (Å²) in [4.78, 5) is 76.8. The topological polar surface area (TPSA) is 260 Å². The van der Waals surface area contributed by atoms with Crippen molar-refractivity contribution >= 4 is 35.6 Å². The molecule has 1 aromatic rings. The average molecular weight is 455 g/mol. The van der Waals surface area contributed by atoms with Crippen LogP contribution in [0.2, 0.25) is 0 Å². The van der Waals surface area contributed by atoms with Gasteiger partial charge in [0.15, 0.2) is 0 Å². The fraction of sp³-hybridized carbons (Fsp3) is 0.471. The molecule has 1 heterocycles. The van der Waals surface area contributed by atoms with E-state index >= 15 is 0 Å². The van der Waals surface area contributed by atoms with E-state index in [0.29, 0.717) is 5.69 Å². The van der Waals surface area contributed by atoms with Crippen LogP contribution in [0.5, 0.6) is 0 Å². The molecule has 15 nitrogen and oxygen atoms in total. The molecule has 1 aromatic heterocycles. The Kier molecular flexibility index (Phi) is 10.3. The summed E-state index contributed by atoms with van der Waals surface area (Å²) in [7, 11) is 0. The number of nitrogens with two attached hydrogens (primary N) is 2. The monoisotopic (exact) mass is 455 g/mol. The van der Waals surface area contributed by atoms with Gasteiger partial charge in [-0.1, -0.05) is 0 Å². The van der Waals surface area contributed by atoms with Crippen LogP contribution in [0, 0.1) is 0 Å². The molecule has 0 spiro atoms. The van der Waals surface area contributed by atoms with E-state index in [4.69, 9.17) is 21.7 Å². The number of H-pyrrole nitrogens is 1. The molecule has 0 radical (unpaired) electrons. The summed E-state index contributed by atoms with van der Waals surface area (Å²) in [5.41, 5.74) is 10.8. The van der Waals surface area contributed by atoms with Gasteiger partial charge in [-0.3, -0.25) is 24.0 Å². The highest BCUT2D eigenvalue weighted by Crippen LogP contribution is 2.04. The maximum Gasteiger partial charge on any atom is 0.326 e. The highest BCUT2D eigenvalue weighted by molar-refractivity contribution is 5.94. The first-order valence-electron chi connectivity index (χ1n) is 9.33. The standard InChI is InChI=1S/C17H25N7O8/c18-5-13(26)22-10(3-8-6-20-7-21-8)16(30)23-9(1-2-12(19)25)15(29)24-11(17(31)32)4-14(27)28/h6-7,9-11H,1-5,18H2,(H2,19,25)(H,20,21)(H,22,26)(H,23,30)(H,24,29)(H,27,28)(H,31,32). The number of aromatic nitrogens is 2. The molecule has 32 heavy (non-hydrogen) atoms. The maximum atomic E-state index is 12.8. The smallest absolute Gasteiger partial charge is 0.326 e. The molecule has 4 amide bonds. The largest absolute Gasteiger partial charge is 0.481 e. The molecule has 0 fully saturated rings. The molecule has 0 bridgehead atoms. The lowest BCUT2D eigenvalue weighted by Gasteiger charge is -2.24. The molecule has 0 aliphatic heterocycles. The first kappa shape index (κ1) is 26.0. The Balaban J connectivity index is 3.01. The van der Waals surface area contributed by atoms with E-state index in [1.165, 1.54) is 12.5 Å². The summed E-state index contributed by atoms with van der Waals surface area (Å²) in [5.74, 6) is -6.40. The second-order valence-electron chi connectivity index (χ2n) is 6.67. The number of imidazole rings is 1. The van der Waals surface area contributed by atoms with Gasteiger partial charge in [-0.2, -0.15) is 0 Å². The summed E-state index contributed by atoms with van der Waals surface area (Å²) in [5, 5.41) is 24.6. The molecule has 176 valence electrons. The van der Waals surface area contributed by atoms with Gasteiger partial charge in [0, 0.05) is 24.7 Å². The van der Waals surface area contributed by atoms with Crippen molar-refractivity contribution < 1.29 is 39.0 Å². The molecule has 15 heteroatoms. The Morgan fingerprint density at radius 3 is 2.12 bits per heavy atom. The lowest BCUT2D eigenvalue weighted by Crippen LogP contribution is -2.57. The predicted molar refractivity (Wildman–Crippen MR) is 105 cm³/mol. The predicted octanol–water partition coefficient (Wildman–Crippen LogP) is -3.81. The van der Waals surface area contributed by atoms with Gasteiger partial charge in [0.1, 0.15) is 18.1 Å². The fourth-order valence-corrected chi connectivity index (χ4v) is 2.55. The minimum atomic E-state index is -1.77. The van der Waals surface area contributed by atoms with Crippen LogP contribution in [0.3, 0.4) is 0 Å². The van der Waals surface area contributed by atoms with Gasteiger partial charge >= 0.3 is 11.9 Å². The lowest BCUT2D eigenvalue weighted by molar-refractivity contribution is -0.147. The SMILES string of the molecule is NCC(=O)NC(Cc1cnc[nH]1)C(=O)NC(CCC(N)=O)C(=O)NC(CC(=O)O)C(=O)O. The average Bonchev–Trinajstić information content (AvgIpc) is 3.22. The zero-order valence-corrected chi connectivity index (χ0v) is 16.9. The highest BCUT2D eigenvalue weighted by atomic mass is 16.4. The second kappa shape index (κ2) is 12.6. The van der Waals surface area contributed by atoms with Crippen LogP contribution in [0.15, 0.2) is 12.5 Å². The van der Waals surface area contributed by atoms with Gasteiger partial charge in [-0.25, -0.2) is 9.78 Å². The lowest BCUT2D eigenvalue weighted by atomic mass is 10.1. The molecule has 10 N–H and O–H groups in total. The summed E-state index contributed by atoms with van der Waals surface area (Å²) in [6.45, 7) is -0.409. The zero-order valence-electron chi connectivity index (χ0n) is 16.9. The van der Waals surface area contributed by atoms with E-state index in [-0.39, 0.29) is 19.3 Å². The molecule has 1 rings (SSSR count). The number of rotatable bonds is 14. The molecular formula is C17H25N7O8. The number of nitrogens with zero attached hydrogens (tertiary/aromatic N) is 1. The minimum Gasteiger partial charge on any atom is -0.481 e. The van der Waals surface area contributed by atoms with Crippen molar-refractivity contribution in [2.45, 2.75) is 43.8 Å². The number of carboxylic acid groups (broad SMARTS) is 2. The van der Waals surface area contributed by atoms with Crippen LogP contribution in [0.4, 0.5) is 0 Å². The van der Waals surface area contributed by atoms with Crippen LogP contribution >= 0.6 is 0 Å². The number of amides is 4. The highest BCUT2D eigenvalue weighted by Gasteiger charge is 2.30. The first-order chi connectivity index (χ1) is 15.0. The Labute approximate surface area is 181 Å². The van der Waals surface area contributed by atoms with E-state index in [0.717, 1.165) is 0 Å². The zero-order chi connectivity index (χ0) is 24.3. The number of carbonyl (C=O) groups excluding carboxylic acids is 4. The van der Waals surface area contributed by atoms with Gasteiger partial charge in [0.25, 0.3) is 0 Å². The molecule has 0 saturated heterocycles. The van der Waals surface area contributed by atoms with Crippen LogP contribution < -0.4 is 27.4 Å². The van der Waals surface area contributed by atoms with Gasteiger partial charge in [-0.05, 0) is 6.42 Å². The van der Waals surface area contributed by atoms with Crippen molar-refractivity contribution in [1.82, 2.24) is 25.9 Å². The van der Waals surface area contributed by atoms with Gasteiger partial charge in [0.2, 0.25) is 23.6 Å². The normalized spacial score (nSPS) is 13.3. The molecule has 0 aliphatic rings. The van der Waals surface area contributed by atoms with Crippen molar-refractivity contribution in [3.05, 3.63) is 18.2 Å². The van der Waals surface area contributed by atoms with Crippen molar-refractivity contribution in [2.75, 3.05) is 6.54 Å². The molecule has 3 atom stereocenters. The van der Waals surface area contributed by atoms with Crippen molar-refractivity contribution in [3.63, 3.8) is 0 Å². The fourth-order valence-electron chi connectivity index (χ4n) is 2.55. The first-order valence-corrected chi connectivity index (χ1v) is 9.33. The third-order valence-corrected chi connectivity index (χ3v) is 4.12. The number of carboxylic acids is 2. The van der Waals surface area contributed by atoms with Crippen molar-refractivity contribution in [3.8, 4) is 0 Å². The molecule has 0 saturated carbocycles. The molecular weight excluding hydrogens is 430 g/mol. The van der Waals surface area contributed by atoms with Gasteiger partial charge in [0.05, 0.1) is 19.3 Å².